The molecule has 0 amide bonds. The number of rotatable bonds is 5. The maximum Gasteiger partial charge on any atom is 0.312 e. The standard InChI is InChI=1S/C13H21IO4/c1-3-17-11(15)10-6-5-7-13(8-10,9-14)12(16)18-4-2/h10H,3-9H2,1-2H3. The molecule has 0 aromatic rings. The normalized spacial score (nSPS) is 27.6. The van der Waals surface area contributed by atoms with Gasteiger partial charge in [0.25, 0.3) is 0 Å². The van der Waals surface area contributed by atoms with Gasteiger partial charge < -0.3 is 9.47 Å². The van der Waals surface area contributed by atoms with Gasteiger partial charge in [-0.15, -0.1) is 0 Å². The number of hydrogen-bond acceptors (Lipinski definition) is 4. The lowest BCUT2D eigenvalue weighted by Crippen LogP contribution is -2.41. The first-order valence-electron chi connectivity index (χ1n) is 6.49. The zero-order valence-corrected chi connectivity index (χ0v) is 13.2. The maximum absolute atomic E-state index is 12.1. The molecule has 2 unspecified atom stereocenters. The summed E-state index contributed by atoms with van der Waals surface area (Å²) in [5.74, 6) is -0.484. The molecule has 1 aliphatic rings. The van der Waals surface area contributed by atoms with Crippen molar-refractivity contribution >= 4 is 34.5 Å². The SMILES string of the molecule is CCOC(=O)C1CCCC(CI)(C(=O)OCC)C1. The number of carbonyl (C=O) groups is 2. The summed E-state index contributed by atoms with van der Waals surface area (Å²) in [7, 11) is 0. The molecule has 0 bridgehead atoms. The molecular formula is C13H21IO4. The van der Waals surface area contributed by atoms with Crippen molar-refractivity contribution in [2.75, 3.05) is 17.6 Å². The topological polar surface area (TPSA) is 52.6 Å². The molecular weight excluding hydrogens is 347 g/mol. The summed E-state index contributed by atoms with van der Waals surface area (Å²) >= 11 is 2.22. The van der Waals surface area contributed by atoms with Crippen molar-refractivity contribution in [1.82, 2.24) is 0 Å². The van der Waals surface area contributed by atoms with E-state index in [2.05, 4.69) is 22.6 Å². The minimum atomic E-state index is -0.494. The Labute approximate surface area is 122 Å². The summed E-state index contributed by atoms with van der Waals surface area (Å²) in [6.45, 7) is 4.40. The summed E-state index contributed by atoms with van der Waals surface area (Å²) in [5.41, 5.74) is -0.494. The average molecular weight is 368 g/mol. The predicted octanol–water partition coefficient (Wildman–Crippen LogP) is 2.72. The molecule has 0 heterocycles. The van der Waals surface area contributed by atoms with Crippen LogP contribution in [0.3, 0.4) is 0 Å². The highest BCUT2D eigenvalue weighted by molar-refractivity contribution is 14.1. The van der Waals surface area contributed by atoms with Gasteiger partial charge in [-0.3, -0.25) is 9.59 Å². The number of ether oxygens (including phenoxy) is 2. The van der Waals surface area contributed by atoms with E-state index in [9.17, 15) is 9.59 Å². The molecule has 1 saturated carbocycles. The molecule has 0 saturated heterocycles. The van der Waals surface area contributed by atoms with E-state index in [1.54, 1.807) is 6.92 Å². The Morgan fingerprint density at radius 1 is 1.28 bits per heavy atom. The first kappa shape index (κ1) is 15.7. The third kappa shape index (κ3) is 3.59. The molecule has 0 aromatic heterocycles. The number of carbonyl (C=O) groups excluding carboxylic acids is 2. The number of hydrogen-bond donors (Lipinski definition) is 0. The Hall–Kier alpha value is -0.330. The average Bonchev–Trinajstić information content (AvgIpc) is 2.39. The number of alkyl halides is 1. The van der Waals surface area contributed by atoms with E-state index < -0.39 is 5.41 Å². The van der Waals surface area contributed by atoms with E-state index in [0.717, 1.165) is 19.3 Å². The van der Waals surface area contributed by atoms with Crippen LogP contribution in [0, 0.1) is 11.3 Å². The molecule has 0 aliphatic heterocycles. The molecule has 0 radical (unpaired) electrons. The molecule has 0 spiro atoms. The third-order valence-corrected chi connectivity index (χ3v) is 4.89. The minimum absolute atomic E-state index is 0.155. The Morgan fingerprint density at radius 3 is 2.50 bits per heavy atom. The van der Waals surface area contributed by atoms with Gasteiger partial charge in [0.05, 0.1) is 24.5 Å². The lowest BCUT2D eigenvalue weighted by atomic mass is 9.71. The monoisotopic (exact) mass is 368 g/mol. The first-order chi connectivity index (χ1) is 8.59. The molecule has 0 aromatic carbocycles. The molecule has 2 atom stereocenters. The predicted molar refractivity (Wildman–Crippen MR) is 76.5 cm³/mol. The number of halogens is 1. The van der Waals surface area contributed by atoms with Gasteiger partial charge in [-0.25, -0.2) is 0 Å². The molecule has 4 nitrogen and oxygen atoms in total. The van der Waals surface area contributed by atoms with Crippen LogP contribution >= 0.6 is 22.6 Å². The second-order valence-electron chi connectivity index (χ2n) is 4.68. The van der Waals surface area contributed by atoms with Crippen molar-refractivity contribution in [2.45, 2.75) is 39.5 Å². The van der Waals surface area contributed by atoms with Gasteiger partial charge >= 0.3 is 11.9 Å². The van der Waals surface area contributed by atoms with Crippen LogP contribution < -0.4 is 0 Å². The Bertz CT molecular complexity index is 305. The lowest BCUT2D eigenvalue weighted by Gasteiger charge is -2.36. The summed E-state index contributed by atoms with van der Waals surface area (Å²) in [6.07, 6.45) is 3.07. The van der Waals surface area contributed by atoms with Crippen molar-refractivity contribution in [1.29, 1.82) is 0 Å². The van der Waals surface area contributed by atoms with Gasteiger partial charge in [-0.2, -0.15) is 0 Å². The highest BCUT2D eigenvalue weighted by atomic mass is 127. The van der Waals surface area contributed by atoms with E-state index in [0.29, 0.717) is 24.1 Å². The van der Waals surface area contributed by atoms with E-state index in [4.69, 9.17) is 9.47 Å². The van der Waals surface area contributed by atoms with Gasteiger partial charge in [0.2, 0.25) is 0 Å². The van der Waals surface area contributed by atoms with E-state index >= 15 is 0 Å². The lowest BCUT2D eigenvalue weighted by molar-refractivity contribution is -0.160. The van der Waals surface area contributed by atoms with Gasteiger partial charge in [0.1, 0.15) is 0 Å². The summed E-state index contributed by atoms with van der Waals surface area (Å²) < 4.78 is 10.9. The second kappa shape index (κ2) is 7.31. The molecule has 1 aliphatic carbocycles. The number of esters is 2. The van der Waals surface area contributed by atoms with E-state index in [1.807, 2.05) is 6.92 Å². The highest BCUT2D eigenvalue weighted by Crippen LogP contribution is 2.42. The van der Waals surface area contributed by atoms with Crippen molar-refractivity contribution in [3.8, 4) is 0 Å². The fraction of sp³-hybridized carbons (Fsp3) is 0.846. The molecule has 104 valence electrons. The van der Waals surface area contributed by atoms with Crippen LogP contribution in [0.1, 0.15) is 39.5 Å². The molecule has 5 heteroatoms. The first-order valence-corrected chi connectivity index (χ1v) is 8.02. The van der Waals surface area contributed by atoms with Crippen molar-refractivity contribution in [2.24, 2.45) is 11.3 Å². The van der Waals surface area contributed by atoms with Crippen LogP contribution in [0.5, 0.6) is 0 Å². The van der Waals surface area contributed by atoms with Crippen LogP contribution in [-0.2, 0) is 19.1 Å². The third-order valence-electron chi connectivity index (χ3n) is 3.43. The molecule has 18 heavy (non-hydrogen) atoms. The Kier molecular flexibility index (Phi) is 6.38. The zero-order chi connectivity index (χ0) is 13.6. The van der Waals surface area contributed by atoms with Crippen LogP contribution in [-0.4, -0.2) is 29.6 Å². The zero-order valence-electron chi connectivity index (χ0n) is 11.0. The van der Waals surface area contributed by atoms with Crippen LogP contribution in [0.25, 0.3) is 0 Å². The van der Waals surface area contributed by atoms with Crippen LogP contribution in [0.15, 0.2) is 0 Å². The van der Waals surface area contributed by atoms with Crippen LogP contribution in [0.4, 0.5) is 0 Å². The summed E-state index contributed by atoms with van der Waals surface area (Å²) in [6, 6.07) is 0. The largest absolute Gasteiger partial charge is 0.466 e. The maximum atomic E-state index is 12.1. The van der Waals surface area contributed by atoms with Gasteiger partial charge in [-0.1, -0.05) is 29.0 Å². The summed E-state index contributed by atoms with van der Waals surface area (Å²) in [4.78, 5) is 23.9. The highest BCUT2D eigenvalue weighted by Gasteiger charge is 2.45. The quantitative estimate of drug-likeness (QED) is 0.426. The van der Waals surface area contributed by atoms with Crippen molar-refractivity contribution < 1.29 is 19.1 Å². The fourth-order valence-corrected chi connectivity index (χ4v) is 3.47. The summed E-state index contributed by atoms with van der Waals surface area (Å²) in [5, 5.41) is 0. The van der Waals surface area contributed by atoms with Gasteiger partial charge in [0, 0.05) is 4.43 Å². The fourth-order valence-electron chi connectivity index (χ4n) is 2.47. The molecule has 1 fully saturated rings. The van der Waals surface area contributed by atoms with Crippen molar-refractivity contribution in [3.63, 3.8) is 0 Å². The molecule has 1 rings (SSSR count). The van der Waals surface area contributed by atoms with Crippen LogP contribution in [0.2, 0.25) is 0 Å². The van der Waals surface area contributed by atoms with Gasteiger partial charge in [0.15, 0.2) is 0 Å². The molecule has 0 N–H and O–H groups in total. The van der Waals surface area contributed by atoms with Gasteiger partial charge in [-0.05, 0) is 33.1 Å². The Balaban J connectivity index is 2.75. The smallest absolute Gasteiger partial charge is 0.312 e. The Morgan fingerprint density at radius 2 is 1.94 bits per heavy atom. The second-order valence-corrected chi connectivity index (χ2v) is 5.44. The van der Waals surface area contributed by atoms with E-state index in [1.165, 1.54) is 0 Å². The minimum Gasteiger partial charge on any atom is -0.466 e. The van der Waals surface area contributed by atoms with E-state index in [-0.39, 0.29) is 17.9 Å². The van der Waals surface area contributed by atoms with Crippen molar-refractivity contribution in [3.05, 3.63) is 0 Å².